The third kappa shape index (κ3) is 43.3. The minimum Gasteiger partial charge on any atom is -0.493 e. The van der Waals surface area contributed by atoms with E-state index in [0.29, 0.717) is 23.7 Å². The molecule has 3 aromatic carbocycles. The van der Waals surface area contributed by atoms with Gasteiger partial charge in [-0.1, -0.05) is 361 Å². The van der Waals surface area contributed by atoms with Crippen LogP contribution in [0.4, 0.5) is 0 Å². The smallest absolute Gasteiger partial charge is 0.123 e. The Bertz CT molecular complexity index is 1850. The van der Waals surface area contributed by atoms with Crippen molar-refractivity contribution in [1.82, 2.24) is 0 Å². The maximum absolute atomic E-state index is 6.87. The predicted molar refractivity (Wildman–Crippen MR) is 400 cm³/mol. The molecule has 0 N–H and O–H groups in total. The first-order valence-corrected chi connectivity index (χ1v) is 39.6. The Balaban J connectivity index is 1.92. The van der Waals surface area contributed by atoms with Gasteiger partial charge in [0, 0.05) is 12.1 Å². The van der Waals surface area contributed by atoms with E-state index in [0.717, 1.165) is 60.6 Å². The molecule has 0 aliphatic carbocycles. The molecule has 514 valence electrons. The van der Waals surface area contributed by atoms with Crippen molar-refractivity contribution in [1.29, 1.82) is 0 Å². The minimum absolute atomic E-state index is 0.589. The lowest BCUT2D eigenvalue weighted by Gasteiger charge is -2.20. The van der Waals surface area contributed by atoms with E-state index in [4.69, 9.17) is 18.9 Å². The molecule has 0 fully saturated rings. The number of hydrogen-bond donors (Lipinski definition) is 0. The van der Waals surface area contributed by atoms with Crippen molar-refractivity contribution in [3.05, 3.63) is 82.9 Å². The molecule has 4 atom stereocenters. The van der Waals surface area contributed by atoms with Crippen LogP contribution in [-0.4, -0.2) is 26.4 Å². The summed E-state index contributed by atoms with van der Waals surface area (Å²) >= 11 is 0. The number of hydrogen-bond acceptors (Lipinski definition) is 4. The van der Waals surface area contributed by atoms with Gasteiger partial charge in [-0.2, -0.15) is 0 Å². The molecule has 4 unspecified atom stereocenters. The molecule has 4 nitrogen and oxygen atoms in total. The van der Waals surface area contributed by atoms with Crippen molar-refractivity contribution in [2.75, 3.05) is 26.4 Å². The highest BCUT2D eigenvalue weighted by molar-refractivity contribution is 5.74. The molecule has 0 saturated heterocycles. The summed E-state index contributed by atoms with van der Waals surface area (Å²) in [5, 5.41) is 0. The molecular formula is C86H146O4. The van der Waals surface area contributed by atoms with E-state index in [2.05, 4.69) is 140 Å². The fourth-order valence-corrected chi connectivity index (χ4v) is 13.2. The number of benzene rings is 3. The molecule has 0 radical (unpaired) electrons. The van der Waals surface area contributed by atoms with Crippen LogP contribution >= 0.6 is 0 Å². The molecule has 3 rings (SSSR count). The van der Waals surface area contributed by atoms with Gasteiger partial charge in [-0.25, -0.2) is 0 Å². The standard InChI is InChI=1S/C86H146O4/c1-9-17-25-33-37-45-53-77(49-41-29-21-13-5)71-87-83-65-81(66-84(69-83)88-72-78(50-42-30-22-14-6)54-46-38-34-26-18-10-2)63-61-75-57-59-76(60-58-75)62-64-82-67-85(89-73-79(51-43-31-23-15-7)55-47-39-35-27-19-11-3)70-86(68-82)90-74-80(52-44-32-24-16-8)56-48-40-36-28-20-12-4/h57-70,77-80H,9-56,71-74H2,1-8H3/b63-61+,64-62+. The maximum atomic E-state index is 6.87. The lowest BCUT2D eigenvalue weighted by Crippen LogP contribution is -2.14. The van der Waals surface area contributed by atoms with Crippen LogP contribution in [0.5, 0.6) is 23.0 Å². The van der Waals surface area contributed by atoms with Gasteiger partial charge in [-0.3, -0.25) is 0 Å². The van der Waals surface area contributed by atoms with E-state index in [1.54, 1.807) is 0 Å². The summed E-state index contributed by atoms with van der Waals surface area (Å²) in [5.41, 5.74) is 4.62. The van der Waals surface area contributed by atoms with Crippen molar-refractivity contribution >= 4 is 24.3 Å². The molecule has 0 spiro atoms. The summed E-state index contributed by atoms with van der Waals surface area (Å²) in [4.78, 5) is 0. The quantitative estimate of drug-likeness (QED) is 0.0417. The molecule has 0 aliphatic rings. The summed E-state index contributed by atoms with van der Waals surface area (Å²) in [6, 6.07) is 22.4. The average Bonchev–Trinajstić information content (AvgIpc) is 3.32. The second-order valence-electron chi connectivity index (χ2n) is 28.1. The topological polar surface area (TPSA) is 36.9 Å². The van der Waals surface area contributed by atoms with Crippen molar-refractivity contribution in [3.8, 4) is 23.0 Å². The third-order valence-electron chi connectivity index (χ3n) is 19.3. The summed E-state index contributed by atoms with van der Waals surface area (Å²) in [6.07, 6.45) is 72.4. The highest BCUT2D eigenvalue weighted by Gasteiger charge is 2.17. The average molecular weight is 1240 g/mol. The monoisotopic (exact) mass is 1240 g/mol. The Morgan fingerprint density at radius 2 is 0.378 bits per heavy atom. The van der Waals surface area contributed by atoms with E-state index in [1.165, 1.54) is 319 Å². The van der Waals surface area contributed by atoms with Crippen LogP contribution in [0.2, 0.25) is 0 Å². The highest BCUT2D eigenvalue weighted by Crippen LogP contribution is 2.32. The lowest BCUT2D eigenvalue weighted by molar-refractivity contribution is 0.214. The first-order valence-electron chi connectivity index (χ1n) is 39.6. The zero-order valence-electron chi connectivity index (χ0n) is 60.8. The fraction of sp³-hybridized carbons (Fsp3) is 0.744. The molecule has 4 heteroatoms. The summed E-state index contributed by atoms with van der Waals surface area (Å²) in [6.45, 7) is 21.7. The van der Waals surface area contributed by atoms with E-state index < -0.39 is 0 Å². The van der Waals surface area contributed by atoms with Gasteiger partial charge in [0.05, 0.1) is 26.4 Å². The van der Waals surface area contributed by atoms with Crippen LogP contribution in [0, 0.1) is 23.7 Å². The largest absolute Gasteiger partial charge is 0.493 e. The van der Waals surface area contributed by atoms with Gasteiger partial charge in [0.25, 0.3) is 0 Å². The fourth-order valence-electron chi connectivity index (χ4n) is 13.2. The lowest BCUT2D eigenvalue weighted by atomic mass is 9.95. The van der Waals surface area contributed by atoms with Gasteiger partial charge in [0.15, 0.2) is 0 Å². The molecule has 0 saturated carbocycles. The molecule has 0 aliphatic heterocycles. The van der Waals surface area contributed by atoms with Crippen molar-refractivity contribution in [2.45, 2.75) is 364 Å². The van der Waals surface area contributed by atoms with Gasteiger partial charge >= 0.3 is 0 Å². The Morgan fingerprint density at radius 3 is 0.578 bits per heavy atom. The zero-order valence-corrected chi connectivity index (χ0v) is 60.8. The maximum Gasteiger partial charge on any atom is 0.123 e. The van der Waals surface area contributed by atoms with E-state index in [9.17, 15) is 0 Å². The number of ether oxygens (including phenoxy) is 4. The van der Waals surface area contributed by atoms with E-state index >= 15 is 0 Å². The molecular weight excluding hydrogens is 1100 g/mol. The van der Waals surface area contributed by atoms with Crippen molar-refractivity contribution < 1.29 is 18.9 Å². The SMILES string of the molecule is CCCCCCCCC(CCCCCC)COc1cc(/C=C/c2ccc(/C=C/c3cc(OCC(CCCCCC)CCCCCCCC)cc(OCC(CCCCCC)CCCCCCCC)c3)cc2)cc(OCC(CCCCCC)CCCCCCCC)c1. The van der Waals surface area contributed by atoms with Gasteiger partial charge in [0.2, 0.25) is 0 Å². The Kier molecular flexibility index (Phi) is 51.9. The Morgan fingerprint density at radius 1 is 0.211 bits per heavy atom. The summed E-state index contributed by atoms with van der Waals surface area (Å²) in [5.74, 6) is 6.13. The Labute approximate surface area is 559 Å². The van der Waals surface area contributed by atoms with Crippen LogP contribution in [0.3, 0.4) is 0 Å². The first-order chi connectivity index (χ1) is 44.4. The van der Waals surface area contributed by atoms with Crippen LogP contribution in [0.15, 0.2) is 60.7 Å². The first kappa shape index (κ1) is 80.6. The minimum atomic E-state index is 0.589. The summed E-state index contributed by atoms with van der Waals surface area (Å²) < 4.78 is 27.5. The molecule has 90 heavy (non-hydrogen) atoms. The predicted octanol–water partition coefficient (Wildman–Crippen LogP) is 28.9. The van der Waals surface area contributed by atoms with Gasteiger partial charge in [0.1, 0.15) is 23.0 Å². The van der Waals surface area contributed by atoms with Crippen LogP contribution < -0.4 is 18.9 Å². The second-order valence-corrected chi connectivity index (χ2v) is 28.1. The van der Waals surface area contributed by atoms with Gasteiger partial charge < -0.3 is 18.9 Å². The zero-order chi connectivity index (χ0) is 64.4. The van der Waals surface area contributed by atoms with Crippen molar-refractivity contribution in [3.63, 3.8) is 0 Å². The Hall–Kier alpha value is -3.66. The second kappa shape index (κ2) is 58.0. The molecule has 0 amide bonds. The molecule has 0 bridgehead atoms. The van der Waals surface area contributed by atoms with Crippen molar-refractivity contribution in [2.24, 2.45) is 23.7 Å². The molecule has 3 aromatic rings. The van der Waals surface area contributed by atoms with Gasteiger partial charge in [-0.05, 0) is 122 Å². The molecule has 0 aromatic heterocycles. The highest BCUT2D eigenvalue weighted by atomic mass is 16.5. The van der Waals surface area contributed by atoms with Crippen LogP contribution in [0.1, 0.15) is 386 Å². The summed E-state index contributed by atoms with van der Waals surface area (Å²) in [7, 11) is 0. The van der Waals surface area contributed by atoms with E-state index in [1.807, 2.05) is 0 Å². The van der Waals surface area contributed by atoms with Gasteiger partial charge in [-0.15, -0.1) is 0 Å². The number of unbranched alkanes of at least 4 members (excludes halogenated alkanes) is 32. The number of rotatable bonds is 64. The normalized spacial score (nSPS) is 13.2. The van der Waals surface area contributed by atoms with Crippen LogP contribution in [-0.2, 0) is 0 Å². The molecule has 0 heterocycles. The third-order valence-corrected chi connectivity index (χ3v) is 19.3. The van der Waals surface area contributed by atoms with Crippen LogP contribution in [0.25, 0.3) is 24.3 Å². The van der Waals surface area contributed by atoms with E-state index in [-0.39, 0.29) is 0 Å².